The van der Waals surface area contributed by atoms with Crippen LogP contribution in [-0.2, 0) is 6.18 Å². The molecule has 0 aliphatic heterocycles. The van der Waals surface area contributed by atoms with Crippen molar-refractivity contribution in [3.05, 3.63) is 41.8 Å². The molecular weight excluding hydrogens is 326 g/mol. The third-order valence-corrected chi connectivity index (χ3v) is 3.45. The predicted molar refractivity (Wildman–Crippen MR) is 81.9 cm³/mol. The average Bonchev–Trinajstić information content (AvgIpc) is 2.53. The number of alkyl halides is 3. The van der Waals surface area contributed by atoms with E-state index in [2.05, 4.69) is 9.97 Å². The van der Waals surface area contributed by atoms with Crippen LogP contribution in [0.25, 0.3) is 0 Å². The van der Waals surface area contributed by atoms with Gasteiger partial charge in [0.25, 0.3) is 0 Å². The van der Waals surface area contributed by atoms with Gasteiger partial charge in [0, 0.05) is 13.2 Å². The Kier molecular flexibility index (Phi) is 5.26. The molecule has 0 amide bonds. The van der Waals surface area contributed by atoms with E-state index in [0.29, 0.717) is 12.6 Å². The maximum atomic E-state index is 13.9. The molecule has 2 aromatic rings. The number of benzene rings is 1. The molecule has 0 saturated heterocycles. The van der Waals surface area contributed by atoms with Crippen LogP contribution in [0.4, 0.5) is 29.2 Å². The first-order chi connectivity index (χ1) is 11.2. The largest absolute Gasteiger partial charge is 0.474 e. The number of hydrogen-bond acceptors (Lipinski definition) is 4. The van der Waals surface area contributed by atoms with E-state index in [4.69, 9.17) is 4.74 Å². The molecule has 0 N–H and O–H groups in total. The second-order valence-electron chi connectivity index (χ2n) is 5.23. The van der Waals surface area contributed by atoms with Gasteiger partial charge in [0.2, 0.25) is 11.8 Å². The highest BCUT2D eigenvalue weighted by Crippen LogP contribution is 2.36. The molecule has 8 heteroatoms. The van der Waals surface area contributed by atoms with Gasteiger partial charge < -0.3 is 9.64 Å². The summed E-state index contributed by atoms with van der Waals surface area (Å²) < 4.78 is 58.4. The molecule has 0 radical (unpaired) electrons. The molecule has 0 spiro atoms. The molecule has 4 nitrogen and oxygen atoms in total. The lowest BCUT2D eigenvalue weighted by atomic mass is 10.3. The van der Waals surface area contributed by atoms with Crippen LogP contribution in [0.5, 0.6) is 5.88 Å². The van der Waals surface area contributed by atoms with Crippen LogP contribution in [0.1, 0.15) is 25.8 Å². The number of ether oxygens (including phenoxy) is 1. The van der Waals surface area contributed by atoms with Gasteiger partial charge in [-0.3, -0.25) is 0 Å². The Balaban J connectivity index is 2.45. The Morgan fingerprint density at radius 2 is 1.92 bits per heavy atom. The van der Waals surface area contributed by atoms with Gasteiger partial charge >= 0.3 is 6.18 Å². The standard InChI is InChI=1S/C16H17F4N3O/c1-4-10(2)24-14-11(16(18,19)20)9-21-15(22-14)23(3)13-8-6-5-7-12(13)17/h5-10H,4H2,1-3H3. The van der Waals surface area contributed by atoms with Crippen LogP contribution < -0.4 is 9.64 Å². The van der Waals surface area contributed by atoms with Crippen LogP contribution >= 0.6 is 0 Å². The Bertz CT molecular complexity index is 706. The quantitative estimate of drug-likeness (QED) is 0.745. The Hall–Kier alpha value is -2.38. The van der Waals surface area contributed by atoms with E-state index in [9.17, 15) is 17.6 Å². The summed E-state index contributed by atoms with van der Waals surface area (Å²) in [6.45, 7) is 3.42. The van der Waals surface area contributed by atoms with Crippen molar-refractivity contribution in [2.24, 2.45) is 0 Å². The lowest BCUT2D eigenvalue weighted by Gasteiger charge is -2.21. The minimum Gasteiger partial charge on any atom is -0.474 e. The van der Waals surface area contributed by atoms with E-state index in [-0.39, 0.29) is 11.6 Å². The second-order valence-corrected chi connectivity index (χ2v) is 5.23. The third kappa shape index (κ3) is 3.93. The number of para-hydroxylation sites is 1. The minimum atomic E-state index is -4.64. The maximum Gasteiger partial charge on any atom is 0.423 e. The molecular formula is C16H17F4N3O. The SMILES string of the molecule is CCC(C)Oc1nc(N(C)c2ccccc2F)ncc1C(F)(F)F. The molecule has 1 aromatic heterocycles. The van der Waals surface area contributed by atoms with E-state index in [1.807, 2.05) is 0 Å². The Labute approximate surface area is 137 Å². The highest BCUT2D eigenvalue weighted by Gasteiger charge is 2.37. The lowest BCUT2D eigenvalue weighted by molar-refractivity contribution is -0.139. The van der Waals surface area contributed by atoms with Gasteiger partial charge in [0.1, 0.15) is 11.4 Å². The molecule has 1 unspecified atom stereocenters. The van der Waals surface area contributed by atoms with Crippen molar-refractivity contribution >= 4 is 11.6 Å². The zero-order chi connectivity index (χ0) is 17.9. The van der Waals surface area contributed by atoms with Gasteiger partial charge in [-0.2, -0.15) is 18.2 Å². The summed E-state index contributed by atoms with van der Waals surface area (Å²) in [6.07, 6.45) is -3.93. The van der Waals surface area contributed by atoms with Crippen molar-refractivity contribution in [3.8, 4) is 5.88 Å². The first-order valence-electron chi connectivity index (χ1n) is 7.33. The molecule has 0 aliphatic carbocycles. The molecule has 0 saturated carbocycles. The number of anilines is 2. The summed E-state index contributed by atoms with van der Waals surface area (Å²) in [5.74, 6) is -1.19. The summed E-state index contributed by atoms with van der Waals surface area (Å²) in [5.41, 5.74) is -0.916. The molecule has 130 valence electrons. The molecule has 1 atom stereocenters. The minimum absolute atomic E-state index is 0.0913. The smallest absolute Gasteiger partial charge is 0.423 e. The number of rotatable bonds is 5. The van der Waals surface area contributed by atoms with Crippen molar-refractivity contribution in [2.75, 3.05) is 11.9 Å². The van der Waals surface area contributed by atoms with Crippen molar-refractivity contribution in [3.63, 3.8) is 0 Å². The fraction of sp³-hybridized carbons (Fsp3) is 0.375. The van der Waals surface area contributed by atoms with E-state index < -0.39 is 29.5 Å². The molecule has 1 heterocycles. The van der Waals surface area contributed by atoms with Crippen LogP contribution in [0, 0.1) is 5.82 Å². The predicted octanol–water partition coefficient (Wildman–Crippen LogP) is 4.58. The highest BCUT2D eigenvalue weighted by molar-refractivity contribution is 5.57. The Morgan fingerprint density at radius 3 is 2.50 bits per heavy atom. The van der Waals surface area contributed by atoms with Crippen molar-refractivity contribution in [1.82, 2.24) is 9.97 Å². The van der Waals surface area contributed by atoms with E-state index in [0.717, 1.165) is 0 Å². The fourth-order valence-corrected chi connectivity index (χ4v) is 1.91. The van der Waals surface area contributed by atoms with Gasteiger partial charge in [-0.05, 0) is 25.5 Å². The highest BCUT2D eigenvalue weighted by atomic mass is 19.4. The number of hydrogen-bond donors (Lipinski definition) is 0. The van der Waals surface area contributed by atoms with Crippen molar-refractivity contribution in [1.29, 1.82) is 0 Å². The summed E-state index contributed by atoms with van der Waals surface area (Å²) in [4.78, 5) is 8.82. The second kappa shape index (κ2) is 7.02. The van der Waals surface area contributed by atoms with Crippen LogP contribution in [-0.4, -0.2) is 23.1 Å². The Morgan fingerprint density at radius 1 is 1.25 bits per heavy atom. The number of nitrogens with zero attached hydrogens (tertiary/aromatic N) is 3. The fourth-order valence-electron chi connectivity index (χ4n) is 1.91. The summed E-state index contributed by atoms with van der Waals surface area (Å²) >= 11 is 0. The summed E-state index contributed by atoms with van der Waals surface area (Å²) in [5, 5.41) is 0. The van der Waals surface area contributed by atoms with E-state index in [1.165, 1.54) is 30.1 Å². The van der Waals surface area contributed by atoms with Gasteiger partial charge in [0.15, 0.2) is 0 Å². The number of halogens is 4. The molecule has 0 fully saturated rings. The molecule has 0 aliphatic rings. The topological polar surface area (TPSA) is 38.2 Å². The van der Waals surface area contributed by atoms with E-state index in [1.54, 1.807) is 19.9 Å². The van der Waals surface area contributed by atoms with Crippen LogP contribution in [0.2, 0.25) is 0 Å². The zero-order valence-corrected chi connectivity index (χ0v) is 13.4. The van der Waals surface area contributed by atoms with Gasteiger partial charge in [-0.15, -0.1) is 0 Å². The molecule has 2 rings (SSSR count). The maximum absolute atomic E-state index is 13.9. The van der Waals surface area contributed by atoms with Crippen molar-refractivity contribution in [2.45, 2.75) is 32.5 Å². The monoisotopic (exact) mass is 343 g/mol. The summed E-state index contributed by atoms with van der Waals surface area (Å²) in [6, 6.07) is 5.84. The number of aromatic nitrogens is 2. The first kappa shape index (κ1) is 18.0. The lowest BCUT2D eigenvalue weighted by Crippen LogP contribution is -2.20. The first-order valence-corrected chi connectivity index (χ1v) is 7.33. The summed E-state index contributed by atoms with van der Waals surface area (Å²) in [7, 11) is 1.47. The molecule has 1 aromatic carbocycles. The van der Waals surface area contributed by atoms with Crippen molar-refractivity contribution < 1.29 is 22.3 Å². The molecule has 0 bridgehead atoms. The van der Waals surface area contributed by atoms with Crippen LogP contribution in [0.3, 0.4) is 0 Å². The van der Waals surface area contributed by atoms with Gasteiger partial charge in [0.05, 0.1) is 11.8 Å². The molecule has 24 heavy (non-hydrogen) atoms. The van der Waals surface area contributed by atoms with E-state index >= 15 is 0 Å². The van der Waals surface area contributed by atoms with Crippen LogP contribution in [0.15, 0.2) is 30.5 Å². The van der Waals surface area contributed by atoms with Gasteiger partial charge in [-0.25, -0.2) is 9.37 Å². The average molecular weight is 343 g/mol. The normalized spacial score (nSPS) is 12.8. The zero-order valence-electron chi connectivity index (χ0n) is 13.4. The van der Waals surface area contributed by atoms with Gasteiger partial charge in [-0.1, -0.05) is 19.1 Å². The third-order valence-electron chi connectivity index (χ3n) is 3.45.